The zero-order valence-electron chi connectivity index (χ0n) is 9.54. The van der Waals surface area contributed by atoms with E-state index >= 15 is 0 Å². The highest BCUT2D eigenvalue weighted by molar-refractivity contribution is 5.64. The molecule has 1 aromatic heterocycles. The Hall–Kier alpha value is -1.57. The molecule has 1 rings (SSSR count). The maximum absolute atomic E-state index is 10.0. The van der Waals surface area contributed by atoms with Crippen LogP contribution in [0, 0.1) is 6.92 Å². The second kappa shape index (κ2) is 4.78. The highest BCUT2D eigenvalue weighted by Gasteiger charge is 2.06. The molecule has 0 aromatic carbocycles. The van der Waals surface area contributed by atoms with Crippen LogP contribution in [0.3, 0.4) is 0 Å². The van der Waals surface area contributed by atoms with Crippen LogP contribution in [0.1, 0.15) is 31.4 Å². The highest BCUT2D eigenvalue weighted by Crippen LogP contribution is 2.22. The average Bonchev–Trinajstić information content (AvgIpc) is 2.16. The standard InChI is InChI=1S/C13H17NO/c1-9(2)7-10(3)13(15)12-5-6-14-8-11(12)4/h5-6,8,15H,1,7H2,2-4H3/b13-10+. The quantitative estimate of drug-likeness (QED) is 0.601. The highest BCUT2D eigenvalue weighted by atomic mass is 16.3. The first-order valence-corrected chi connectivity index (χ1v) is 4.96. The Kier molecular flexibility index (Phi) is 3.67. The molecule has 0 atom stereocenters. The fraction of sp³-hybridized carbons (Fsp3) is 0.308. The lowest BCUT2D eigenvalue weighted by atomic mass is 10.0. The Balaban J connectivity index is 3.07. The van der Waals surface area contributed by atoms with Gasteiger partial charge in [-0.15, -0.1) is 0 Å². The smallest absolute Gasteiger partial charge is 0.122 e. The van der Waals surface area contributed by atoms with Crippen molar-refractivity contribution in [3.63, 3.8) is 0 Å². The van der Waals surface area contributed by atoms with Crippen molar-refractivity contribution in [3.8, 4) is 0 Å². The van der Waals surface area contributed by atoms with Gasteiger partial charge >= 0.3 is 0 Å². The maximum Gasteiger partial charge on any atom is 0.122 e. The average molecular weight is 203 g/mol. The van der Waals surface area contributed by atoms with Crippen LogP contribution in [0.15, 0.2) is 36.2 Å². The van der Waals surface area contributed by atoms with E-state index in [4.69, 9.17) is 0 Å². The van der Waals surface area contributed by atoms with Crippen LogP contribution < -0.4 is 0 Å². The van der Waals surface area contributed by atoms with Crippen molar-refractivity contribution in [2.24, 2.45) is 0 Å². The molecule has 0 aliphatic heterocycles. The van der Waals surface area contributed by atoms with Gasteiger partial charge in [0.05, 0.1) is 0 Å². The summed E-state index contributed by atoms with van der Waals surface area (Å²) in [7, 11) is 0. The molecule has 2 heteroatoms. The lowest BCUT2D eigenvalue weighted by Gasteiger charge is -2.08. The number of aryl methyl sites for hydroxylation is 1. The van der Waals surface area contributed by atoms with Crippen molar-refractivity contribution >= 4 is 5.76 Å². The van der Waals surface area contributed by atoms with Gasteiger partial charge in [0.25, 0.3) is 0 Å². The second-order valence-electron chi connectivity index (χ2n) is 3.95. The van der Waals surface area contributed by atoms with Gasteiger partial charge in [-0.25, -0.2) is 0 Å². The lowest BCUT2D eigenvalue weighted by molar-refractivity contribution is 0.504. The number of rotatable bonds is 3. The van der Waals surface area contributed by atoms with Gasteiger partial charge in [0.1, 0.15) is 5.76 Å². The fourth-order valence-electron chi connectivity index (χ4n) is 1.51. The molecular formula is C13H17NO. The molecule has 15 heavy (non-hydrogen) atoms. The van der Waals surface area contributed by atoms with Crippen molar-refractivity contribution in [2.75, 3.05) is 0 Å². The molecule has 0 bridgehead atoms. The number of aromatic nitrogens is 1. The molecule has 2 nitrogen and oxygen atoms in total. The van der Waals surface area contributed by atoms with E-state index in [1.54, 1.807) is 12.4 Å². The van der Waals surface area contributed by atoms with Crippen LogP contribution in [-0.2, 0) is 0 Å². The molecule has 0 saturated carbocycles. The molecule has 0 amide bonds. The number of pyridine rings is 1. The molecule has 0 unspecified atom stereocenters. The Bertz CT molecular complexity index is 405. The summed E-state index contributed by atoms with van der Waals surface area (Å²) in [6.07, 6.45) is 4.17. The summed E-state index contributed by atoms with van der Waals surface area (Å²) in [5, 5.41) is 10.0. The van der Waals surface area contributed by atoms with Gasteiger partial charge < -0.3 is 5.11 Å². The Morgan fingerprint density at radius 2 is 2.13 bits per heavy atom. The van der Waals surface area contributed by atoms with Gasteiger partial charge in [0.2, 0.25) is 0 Å². The van der Waals surface area contributed by atoms with Gasteiger partial charge in [0, 0.05) is 18.0 Å². The SMILES string of the molecule is C=C(C)C/C(C)=C(/O)c1ccncc1C. The second-order valence-corrected chi connectivity index (χ2v) is 3.95. The van der Waals surface area contributed by atoms with Crippen LogP contribution in [0.5, 0.6) is 0 Å². The molecule has 0 radical (unpaired) electrons. The van der Waals surface area contributed by atoms with Gasteiger partial charge in [-0.3, -0.25) is 4.98 Å². The van der Waals surface area contributed by atoms with Crippen LogP contribution >= 0.6 is 0 Å². The summed E-state index contributed by atoms with van der Waals surface area (Å²) < 4.78 is 0. The largest absolute Gasteiger partial charge is 0.507 e. The van der Waals surface area contributed by atoms with Crippen molar-refractivity contribution in [3.05, 3.63) is 47.3 Å². The van der Waals surface area contributed by atoms with Crippen LogP contribution in [0.4, 0.5) is 0 Å². The van der Waals surface area contributed by atoms with Crippen molar-refractivity contribution in [1.82, 2.24) is 4.98 Å². The predicted octanol–water partition coefficient (Wildman–Crippen LogP) is 3.65. The first kappa shape index (κ1) is 11.5. The van der Waals surface area contributed by atoms with Crippen molar-refractivity contribution < 1.29 is 5.11 Å². The van der Waals surface area contributed by atoms with E-state index in [-0.39, 0.29) is 0 Å². The Morgan fingerprint density at radius 1 is 1.47 bits per heavy atom. The molecule has 1 N–H and O–H groups in total. The third-order valence-electron chi connectivity index (χ3n) is 2.25. The number of hydrogen-bond acceptors (Lipinski definition) is 2. The zero-order chi connectivity index (χ0) is 11.4. The van der Waals surface area contributed by atoms with Crippen LogP contribution in [0.2, 0.25) is 0 Å². The Morgan fingerprint density at radius 3 is 2.67 bits per heavy atom. The summed E-state index contributed by atoms with van der Waals surface area (Å²) in [5.41, 5.74) is 3.82. The van der Waals surface area contributed by atoms with Gasteiger partial charge in [-0.1, -0.05) is 12.2 Å². The number of aliphatic hydroxyl groups excluding tert-OH is 1. The molecule has 0 aliphatic rings. The number of allylic oxidation sites excluding steroid dienone is 2. The van der Waals surface area contributed by atoms with Crippen molar-refractivity contribution in [2.45, 2.75) is 27.2 Å². The third kappa shape index (κ3) is 2.94. The summed E-state index contributed by atoms with van der Waals surface area (Å²) in [6.45, 7) is 9.65. The monoisotopic (exact) mass is 203 g/mol. The zero-order valence-corrected chi connectivity index (χ0v) is 9.54. The lowest BCUT2D eigenvalue weighted by Crippen LogP contribution is -1.93. The summed E-state index contributed by atoms with van der Waals surface area (Å²) >= 11 is 0. The van der Waals surface area contributed by atoms with E-state index in [9.17, 15) is 5.11 Å². The normalized spacial score (nSPS) is 12.2. The fourth-order valence-corrected chi connectivity index (χ4v) is 1.51. The van der Waals surface area contributed by atoms with Gasteiger partial charge in [-0.05, 0) is 44.4 Å². The number of aliphatic hydroxyl groups is 1. The molecule has 1 heterocycles. The first-order valence-electron chi connectivity index (χ1n) is 4.96. The topological polar surface area (TPSA) is 33.1 Å². The van der Waals surface area contributed by atoms with E-state index < -0.39 is 0 Å². The van der Waals surface area contributed by atoms with E-state index in [2.05, 4.69) is 11.6 Å². The first-order chi connectivity index (χ1) is 7.02. The van der Waals surface area contributed by atoms with Crippen LogP contribution in [-0.4, -0.2) is 10.1 Å². The molecule has 0 fully saturated rings. The third-order valence-corrected chi connectivity index (χ3v) is 2.25. The van der Waals surface area contributed by atoms with Crippen LogP contribution in [0.25, 0.3) is 5.76 Å². The van der Waals surface area contributed by atoms with E-state index in [1.807, 2.05) is 26.8 Å². The molecular weight excluding hydrogens is 186 g/mol. The van der Waals surface area contributed by atoms with E-state index in [0.717, 1.165) is 28.7 Å². The van der Waals surface area contributed by atoms with E-state index in [1.165, 1.54) is 0 Å². The van der Waals surface area contributed by atoms with Crippen molar-refractivity contribution in [1.29, 1.82) is 0 Å². The minimum atomic E-state index is 0.345. The predicted molar refractivity (Wildman–Crippen MR) is 63.6 cm³/mol. The molecule has 80 valence electrons. The van der Waals surface area contributed by atoms with Gasteiger partial charge in [0.15, 0.2) is 0 Å². The summed E-state index contributed by atoms with van der Waals surface area (Å²) in [5.74, 6) is 0.345. The summed E-state index contributed by atoms with van der Waals surface area (Å²) in [6, 6.07) is 1.83. The summed E-state index contributed by atoms with van der Waals surface area (Å²) in [4.78, 5) is 4.00. The molecule has 0 spiro atoms. The van der Waals surface area contributed by atoms with E-state index in [0.29, 0.717) is 5.76 Å². The number of nitrogens with zero attached hydrogens (tertiary/aromatic N) is 1. The molecule has 0 saturated heterocycles. The Labute approximate surface area is 91.0 Å². The molecule has 1 aromatic rings. The number of hydrogen-bond donors (Lipinski definition) is 1. The van der Waals surface area contributed by atoms with Gasteiger partial charge in [-0.2, -0.15) is 0 Å². The minimum Gasteiger partial charge on any atom is -0.507 e. The minimum absolute atomic E-state index is 0.345. The maximum atomic E-state index is 10.0. The molecule has 0 aliphatic carbocycles.